The van der Waals surface area contributed by atoms with Gasteiger partial charge >= 0.3 is 0 Å². The Balaban J connectivity index is 1.51. The number of aryl methyl sites for hydroxylation is 2. The minimum absolute atomic E-state index is 0.0481. The van der Waals surface area contributed by atoms with Crippen LogP contribution in [0.3, 0.4) is 0 Å². The molecule has 1 aliphatic carbocycles. The van der Waals surface area contributed by atoms with Crippen LogP contribution in [0.4, 0.5) is 0 Å². The van der Waals surface area contributed by atoms with Crippen molar-refractivity contribution in [3.05, 3.63) is 35.0 Å². The van der Waals surface area contributed by atoms with Crippen LogP contribution in [0.25, 0.3) is 10.9 Å². The Morgan fingerprint density at radius 2 is 2.00 bits per heavy atom. The summed E-state index contributed by atoms with van der Waals surface area (Å²) in [5, 5.41) is 4.35. The molecule has 0 unspecified atom stereocenters. The number of benzene rings is 1. The summed E-state index contributed by atoms with van der Waals surface area (Å²) in [6.45, 7) is 2.40. The average molecular weight is 326 g/mol. The van der Waals surface area contributed by atoms with Crippen molar-refractivity contribution in [1.82, 2.24) is 10.3 Å². The number of ether oxygens (including phenoxy) is 1. The monoisotopic (exact) mass is 326 g/mol. The van der Waals surface area contributed by atoms with Crippen LogP contribution in [-0.2, 0) is 17.6 Å². The first-order chi connectivity index (χ1) is 11.8. The number of aromatic nitrogens is 1. The van der Waals surface area contributed by atoms with Gasteiger partial charge in [0.05, 0.1) is 0 Å². The van der Waals surface area contributed by atoms with E-state index in [-0.39, 0.29) is 5.91 Å². The first-order valence-corrected chi connectivity index (χ1v) is 9.30. The van der Waals surface area contributed by atoms with Crippen molar-refractivity contribution >= 4 is 16.8 Å². The molecule has 1 aromatic heterocycles. The predicted molar refractivity (Wildman–Crippen MR) is 95.4 cm³/mol. The molecular formula is C20H26N2O2. The van der Waals surface area contributed by atoms with Gasteiger partial charge in [0.1, 0.15) is 0 Å². The minimum atomic E-state index is 0.0481. The third kappa shape index (κ3) is 3.20. The van der Waals surface area contributed by atoms with Crippen LogP contribution in [0.1, 0.15) is 53.7 Å². The van der Waals surface area contributed by atoms with Crippen LogP contribution in [0.15, 0.2) is 18.2 Å². The van der Waals surface area contributed by atoms with Crippen LogP contribution in [0.2, 0.25) is 0 Å². The number of hydrogen-bond acceptors (Lipinski definition) is 2. The molecule has 0 saturated carbocycles. The van der Waals surface area contributed by atoms with Crippen molar-refractivity contribution in [2.24, 2.45) is 5.92 Å². The second-order valence-corrected chi connectivity index (χ2v) is 7.17. The van der Waals surface area contributed by atoms with E-state index in [0.29, 0.717) is 5.92 Å². The summed E-state index contributed by atoms with van der Waals surface area (Å²) in [7, 11) is 0. The zero-order chi connectivity index (χ0) is 16.4. The van der Waals surface area contributed by atoms with Gasteiger partial charge in [-0.15, -0.1) is 0 Å². The highest BCUT2D eigenvalue weighted by Gasteiger charge is 2.18. The molecule has 4 rings (SSSR count). The number of amides is 1. The summed E-state index contributed by atoms with van der Waals surface area (Å²) >= 11 is 0. The Bertz CT molecular complexity index is 729. The second kappa shape index (κ2) is 6.98. The molecule has 0 radical (unpaired) electrons. The van der Waals surface area contributed by atoms with Crippen LogP contribution in [0, 0.1) is 5.92 Å². The molecule has 2 heterocycles. The highest BCUT2D eigenvalue weighted by Crippen LogP contribution is 2.29. The van der Waals surface area contributed by atoms with E-state index >= 15 is 0 Å². The molecule has 1 fully saturated rings. The average Bonchev–Trinajstić information content (AvgIpc) is 2.80. The molecule has 4 heteroatoms. The van der Waals surface area contributed by atoms with Crippen molar-refractivity contribution in [1.29, 1.82) is 0 Å². The van der Waals surface area contributed by atoms with Crippen molar-refractivity contribution in [2.45, 2.75) is 44.9 Å². The van der Waals surface area contributed by atoms with E-state index in [0.717, 1.165) is 51.0 Å². The van der Waals surface area contributed by atoms with Gasteiger partial charge in [0, 0.05) is 41.9 Å². The Morgan fingerprint density at radius 1 is 1.17 bits per heavy atom. The fourth-order valence-electron chi connectivity index (χ4n) is 4.01. The van der Waals surface area contributed by atoms with Gasteiger partial charge in [-0.1, -0.05) is 6.42 Å². The largest absolute Gasteiger partial charge is 0.381 e. The minimum Gasteiger partial charge on any atom is -0.381 e. The van der Waals surface area contributed by atoms with Crippen LogP contribution >= 0.6 is 0 Å². The summed E-state index contributed by atoms with van der Waals surface area (Å²) in [5.41, 5.74) is 4.76. The number of nitrogens with one attached hydrogen (secondary N) is 2. The number of H-pyrrole nitrogens is 1. The lowest BCUT2D eigenvalue weighted by Gasteiger charge is -2.22. The molecule has 1 aliphatic heterocycles. The van der Waals surface area contributed by atoms with E-state index in [1.807, 2.05) is 6.07 Å². The SMILES string of the molecule is O=C(NCC1CCOCC1)c1ccc2[nH]c3c(c2c1)CCCCC3. The number of rotatable bonds is 3. The predicted octanol–water partition coefficient (Wildman–Crippen LogP) is 3.59. The van der Waals surface area contributed by atoms with Gasteiger partial charge in [-0.2, -0.15) is 0 Å². The highest BCUT2D eigenvalue weighted by molar-refractivity contribution is 5.99. The van der Waals surface area contributed by atoms with Gasteiger partial charge in [-0.05, 0) is 68.2 Å². The Kier molecular flexibility index (Phi) is 4.56. The number of aromatic amines is 1. The molecule has 2 aliphatic rings. The number of carbonyl (C=O) groups excluding carboxylic acids is 1. The third-order valence-electron chi connectivity index (χ3n) is 5.50. The first kappa shape index (κ1) is 15.7. The third-order valence-corrected chi connectivity index (χ3v) is 5.50. The Labute approximate surface area is 143 Å². The van der Waals surface area contributed by atoms with E-state index in [2.05, 4.69) is 22.4 Å². The molecular weight excluding hydrogens is 300 g/mol. The van der Waals surface area contributed by atoms with Gasteiger partial charge in [0.15, 0.2) is 0 Å². The summed E-state index contributed by atoms with van der Waals surface area (Å²) in [6, 6.07) is 6.08. The quantitative estimate of drug-likeness (QED) is 0.847. The van der Waals surface area contributed by atoms with E-state index in [1.165, 1.54) is 41.4 Å². The van der Waals surface area contributed by atoms with Crippen molar-refractivity contribution in [3.8, 4) is 0 Å². The molecule has 2 N–H and O–H groups in total. The zero-order valence-electron chi connectivity index (χ0n) is 14.2. The van der Waals surface area contributed by atoms with E-state index in [4.69, 9.17) is 4.74 Å². The summed E-state index contributed by atoms with van der Waals surface area (Å²) in [5.74, 6) is 0.599. The van der Waals surface area contributed by atoms with Gasteiger partial charge < -0.3 is 15.0 Å². The van der Waals surface area contributed by atoms with Gasteiger partial charge in [0.25, 0.3) is 5.91 Å². The second-order valence-electron chi connectivity index (χ2n) is 7.17. The normalized spacial score (nSPS) is 19.0. The lowest BCUT2D eigenvalue weighted by Crippen LogP contribution is -2.32. The van der Waals surface area contributed by atoms with Crippen molar-refractivity contribution < 1.29 is 9.53 Å². The van der Waals surface area contributed by atoms with Crippen LogP contribution < -0.4 is 5.32 Å². The smallest absolute Gasteiger partial charge is 0.251 e. The lowest BCUT2D eigenvalue weighted by atomic mass is 10.00. The topological polar surface area (TPSA) is 54.1 Å². The number of fused-ring (bicyclic) bond motifs is 3. The molecule has 0 bridgehead atoms. The molecule has 0 spiro atoms. The zero-order valence-corrected chi connectivity index (χ0v) is 14.2. The summed E-state index contributed by atoms with van der Waals surface area (Å²) in [4.78, 5) is 16.1. The fourth-order valence-corrected chi connectivity index (χ4v) is 4.01. The highest BCUT2D eigenvalue weighted by atomic mass is 16.5. The van der Waals surface area contributed by atoms with Crippen molar-refractivity contribution in [2.75, 3.05) is 19.8 Å². The number of carbonyl (C=O) groups is 1. The maximum Gasteiger partial charge on any atom is 0.251 e. The van der Waals surface area contributed by atoms with Gasteiger partial charge in [0.2, 0.25) is 0 Å². The van der Waals surface area contributed by atoms with Crippen LogP contribution in [-0.4, -0.2) is 30.6 Å². The summed E-state index contributed by atoms with van der Waals surface area (Å²) < 4.78 is 5.38. The van der Waals surface area contributed by atoms with E-state index in [9.17, 15) is 4.79 Å². The molecule has 2 aromatic rings. The van der Waals surface area contributed by atoms with E-state index < -0.39 is 0 Å². The van der Waals surface area contributed by atoms with Gasteiger partial charge in [-0.25, -0.2) is 0 Å². The summed E-state index contributed by atoms with van der Waals surface area (Å²) in [6.07, 6.45) is 8.17. The Morgan fingerprint density at radius 3 is 2.88 bits per heavy atom. The lowest BCUT2D eigenvalue weighted by molar-refractivity contribution is 0.0643. The molecule has 4 nitrogen and oxygen atoms in total. The maximum atomic E-state index is 12.5. The van der Waals surface area contributed by atoms with Crippen LogP contribution in [0.5, 0.6) is 0 Å². The molecule has 24 heavy (non-hydrogen) atoms. The molecule has 1 amide bonds. The fraction of sp³-hybridized carbons (Fsp3) is 0.550. The van der Waals surface area contributed by atoms with E-state index in [1.54, 1.807) is 0 Å². The first-order valence-electron chi connectivity index (χ1n) is 9.30. The maximum absolute atomic E-state index is 12.5. The Hall–Kier alpha value is -1.81. The molecule has 128 valence electrons. The number of hydrogen-bond donors (Lipinski definition) is 2. The molecule has 1 aromatic carbocycles. The molecule has 0 atom stereocenters. The molecule has 1 saturated heterocycles. The van der Waals surface area contributed by atoms with Crippen molar-refractivity contribution in [3.63, 3.8) is 0 Å². The standard InChI is InChI=1S/C20H26N2O2/c23-20(21-13-14-8-10-24-11-9-14)15-6-7-19-17(12-15)16-4-2-1-3-5-18(16)22-19/h6-7,12,14,22H,1-5,8-11,13H2,(H,21,23). The van der Waals surface area contributed by atoms with Gasteiger partial charge in [-0.3, -0.25) is 4.79 Å².